The van der Waals surface area contributed by atoms with Gasteiger partial charge in [0.25, 0.3) is 0 Å². The van der Waals surface area contributed by atoms with E-state index in [-0.39, 0.29) is 5.97 Å². The number of carbonyl (C=O) groups excluding carboxylic acids is 1. The van der Waals surface area contributed by atoms with Crippen LogP contribution in [0.15, 0.2) is 24.4 Å². The van der Waals surface area contributed by atoms with E-state index in [1.165, 1.54) is 0 Å². The first-order valence-corrected chi connectivity index (χ1v) is 6.81. The molecule has 0 atom stereocenters. The average Bonchev–Trinajstić information content (AvgIpc) is 2.76. The Kier molecular flexibility index (Phi) is 4.47. The summed E-state index contributed by atoms with van der Waals surface area (Å²) in [5.74, 6) is -0.349. The zero-order chi connectivity index (χ0) is 15.4. The number of ether oxygens (including phenoxy) is 1. The molecular formula is C15H20N4O2. The molecule has 0 unspecified atom stereocenters. The Labute approximate surface area is 123 Å². The highest BCUT2D eigenvalue weighted by Gasteiger charge is 2.10. The standard InChI is InChI=1S/C15H20N4O2/c1-4-21-15(20)11-5-6-13(16)14(7-11)17-8-12-9-19(3)18-10(12)2/h5-7,9,17H,4,8,16H2,1-3H3. The maximum atomic E-state index is 11.7. The Bertz CT molecular complexity index is 649. The lowest BCUT2D eigenvalue weighted by molar-refractivity contribution is 0.0526. The number of nitrogen functional groups attached to an aromatic ring is 1. The number of nitrogens with two attached hydrogens (primary N) is 1. The normalized spacial score (nSPS) is 10.4. The van der Waals surface area contributed by atoms with Gasteiger partial charge < -0.3 is 15.8 Å². The van der Waals surface area contributed by atoms with Crippen LogP contribution in [0.3, 0.4) is 0 Å². The van der Waals surface area contributed by atoms with Crippen LogP contribution in [-0.2, 0) is 18.3 Å². The minimum atomic E-state index is -0.349. The molecule has 0 aliphatic carbocycles. The molecule has 3 N–H and O–H groups in total. The SMILES string of the molecule is CCOC(=O)c1ccc(N)c(NCc2cn(C)nc2C)c1. The molecule has 2 rings (SSSR count). The predicted molar refractivity (Wildman–Crippen MR) is 82.1 cm³/mol. The fourth-order valence-corrected chi connectivity index (χ4v) is 2.06. The molecule has 1 aromatic carbocycles. The molecule has 6 heteroatoms. The topological polar surface area (TPSA) is 82.2 Å². The van der Waals surface area contributed by atoms with Gasteiger partial charge in [-0.1, -0.05) is 0 Å². The second kappa shape index (κ2) is 6.30. The van der Waals surface area contributed by atoms with E-state index in [4.69, 9.17) is 10.5 Å². The van der Waals surface area contributed by atoms with Crippen molar-refractivity contribution in [1.29, 1.82) is 0 Å². The number of esters is 1. The molecule has 0 saturated carbocycles. The molecule has 0 aliphatic heterocycles. The lowest BCUT2D eigenvalue weighted by Crippen LogP contribution is -2.08. The van der Waals surface area contributed by atoms with Crippen LogP contribution in [0.1, 0.15) is 28.5 Å². The van der Waals surface area contributed by atoms with E-state index < -0.39 is 0 Å². The molecule has 0 aliphatic rings. The van der Waals surface area contributed by atoms with Gasteiger partial charge in [0.2, 0.25) is 0 Å². The van der Waals surface area contributed by atoms with E-state index >= 15 is 0 Å². The van der Waals surface area contributed by atoms with E-state index in [0.29, 0.717) is 30.1 Å². The first-order valence-electron chi connectivity index (χ1n) is 6.81. The molecule has 0 spiro atoms. The molecule has 0 amide bonds. The van der Waals surface area contributed by atoms with Crippen molar-refractivity contribution in [2.45, 2.75) is 20.4 Å². The van der Waals surface area contributed by atoms with E-state index in [0.717, 1.165) is 11.3 Å². The van der Waals surface area contributed by atoms with Gasteiger partial charge in [-0.25, -0.2) is 4.79 Å². The number of benzene rings is 1. The fourth-order valence-electron chi connectivity index (χ4n) is 2.06. The van der Waals surface area contributed by atoms with Crippen molar-refractivity contribution in [3.63, 3.8) is 0 Å². The van der Waals surface area contributed by atoms with Crippen LogP contribution in [0.2, 0.25) is 0 Å². The Morgan fingerprint density at radius 2 is 2.24 bits per heavy atom. The maximum Gasteiger partial charge on any atom is 0.338 e. The smallest absolute Gasteiger partial charge is 0.338 e. The molecule has 0 fully saturated rings. The van der Waals surface area contributed by atoms with Gasteiger partial charge in [0.05, 0.1) is 29.2 Å². The Morgan fingerprint density at radius 3 is 2.86 bits per heavy atom. The summed E-state index contributed by atoms with van der Waals surface area (Å²) < 4.78 is 6.76. The molecule has 21 heavy (non-hydrogen) atoms. The summed E-state index contributed by atoms with van der Waals surface area (Å²) in [7, 11) is 1.88. The Balaban J connectivity index is 2.14. The Morgan fingerprint density at radius 1 is 1.48 bits per heavy atom. The highest BCUT2D eigenvalue weighted by atomic mass is 16.5. The largest absolute Gasteiger partial charge is 0.462 e. The lowest BCUT2D eigenvalue weighted by Gasteiger charge is -2.10. The number of rotatable bonds is 5. The molecule has 0 bridgehead atoms. The summed E-state index contributed by atoms with van der Waals surface area (Å²) >= 11 is 0. The van der Waals surface area contributed by atoms with Gasteiger partial charge in [-0.3, -0.25) is 4.68 Å². The van der Waals surface area contributed by atoms with Crippen LogP contribution in [0.5, 0.6) is 0 Å². The van der Waals surface area contributed by atoms with E-state index in [1.54, 1.807) is 29.8 Å². The zero-order valence-electron chi connectivity index (χ0n) is 12.5. The van der Waals surface area contributed by atoms with Crippen molar-refractivity contribution in [1.82, 2.24) is 9.78 Å². The molecule has 1 aromatic heterocycles. The van der Waals surface area contributed by atoms with Crippen LogP contribution in [0.25, 0.3) is 0 Å². The average molecular weight is 288 g/mol. The molecule has 6 nitrogen and oxygen atoms in total. The van der Waals surface area contributed by atoms with Crippen LogP contribution in [0, 0.1) is 6.92 Å². The van der Waals surface area contributed by atoms with Crippen LogP contribution in [0.4, 0.5) is 11.4 Å². The Hall–Kier alpha value is -2.50. The molecule has 0 radical (unpaired) electrons. The third-order valence-electron chi connectivity index (χ3n) is 3.15. The number of hydrogen-bond acceptors (Lipinski definition) is 5. The monoisotopic (exact) mass is 288 g/mol. The molecular weight excluding hydrogens is 268 g/mol. The number of hydrogen-bond donors (Lipinski definition) is 2. The maximum absolute atomic E-state index is 11.7. The first-order chi connectivity index (χ1) is 10.0. The first kappa shape index (κ1) is 14.9. The zero-order valence-corrected chi connectivity index (χ0v) is 12.5. The summed E-state index contributed by atoms with van der Waals surface area (Å²) in [6, 6.07) is 5.07. The summed E-state index contributed by atoms with van der Waals surface area (Å²) in [5.41, 5.74) is 9.76. The van der Waals surface area contributed by atoms with Crippen LogP contribution < -0.4 is 11.1 Å². The van der Waals surface area contributed by atoms with E-state index in [9.17, 15) is 4.79 Å². The van der Waals surface area contributed by atoms with Gasteiger partial charge >= 0.3 is 5.97 Å². The van der Waals surface area contributed by atoms with E-state index in [2.05, 4.69) is 10.4 Å². The summed E-state index contributed by atoms with van der Waals surface area (Å²) in [5, 5.41) is 7.52. The number of nitrogens with one attached hydrogen (secondary N) is 1. The number of anilines is 2. The summed E-state index contributed by atoms with van der Waals surface area (Å²) in [6.45, 7) is 4.67. The fraction of sp³-hybridized carbons (Fsp3) is 0.333. The van der Waals surface area contributed by atoms with Gasteiger partial charge in [0.15, 0.2) is 0 Å². The van der Waals surface area contributed by atoms with Crippen molar-refractivity contribution in [3.8, 4) is 0 Å². The highest BCUT2D eigenvalue weighted by Crippen LogP contribution is 2.21. The van der Waals surface area contributed by atoms with Crippen molar-refractivity contribution in [2.24, 2.45) is 7.05 Å². The van der Waals surface area contributed by atoms with Gasteiger partial charge in [0, 0.05) is 25.4 Å². The molecule has 0 saturated heterocycles. The van der Waals surface area contributed by atoms with Crippen LogP contribution in [-0.4, -0.2) is 22.4 Å². The quantitative estimate of drug-likeness (QED) is 0.650. The van der Waals surface area contributed by atoms with Crippen molar-refractivity contribution in [3.05, 3.63) is 41.2 Å². The van der Waals surface area contributed by atoms with Crippen LogP contribution >= 0.6 is 0 Å². The predicted octanol–water partition coefficient (Wildman–Crippen LogP) is 2.10. The number of aromatic nitrogens is 2. The third-order valence-corrected chi connectivity index (χ3v) is 3.15. The van der Waals surface area contributed by atoms with Gasteiger partial charge in [-0.2, -0.15) is 5.10 Å². The highest BCUT2D eigenvalue weighted by molar-refractivity contribution is 5.92. The second-order valence-corrected chi connectivity index (χ2v) is 4.79. The van der Waals surface area contributed by atoms with Gasteiger partial charge in [0.1, 0.15) is 0 Å². The van der Waals surface area contributed by atoms with Crippen molar-refractivity contribution in [2.75, 3.05) is 17.7 Å². The minimum absolute atomic E-state index is 0.348. The van der Waals surface area contributed by atoms with Gasteiger partial charge in [-0.05, 0) is 32.0 Å². The van der Waals surface area contributed by atoms with Crippen molar-refractivity contribution < 1.29 is 9.53 Å². The van der Waals surface area contributed by atoms with Gasteiger partial charge in [-0.15, -0.1) is 0 Å². The van der Waals surface area contributed by atoms with Crippen molar-refractivity contribution >= 4 is 17.3 Å². The summed E-state index contributed by atoms with van der Waals surface area (Å²) in [6.07, 6.45) is 1.95. The molecule has 112 valence electrons. The minimum Gasteiger partial charge on any atom is -0.462 e. The molecule has 2 aromatic rings. The third kappa shape index (κ3) is 3.53. The summed E-state index contributed by atoms with van der Waals surface area (Å²) in [4.78, 5) is 11.7. The van der Waals surface area contributed by atoms with E-state index in [1.807, 2.05) is 20.2 Å². The number of nitrogens with zero attached hydrogens (tertiary/aromatic N) is 2. The number of aryl methyl sites for hydroxylation is 2. The number of carbonyl (C=O) groups is 1. The molecule has 1 heterocycles. The lowest BCUT2D eigenvalue weighted by atomic mass is 10.1. The second-order valence-electron chi connectivity index (χ2n) is 4.79.